The Balaban J connectivity index is 2.06. The van der Waals surface area contributed by atoms with E-state index in [0.717, 1.165) is 18.2 Å². The first-order valence-corrected chi connectivity index (χ1v) is 10.2. The maximum absolute atomic E-state index is 13.0. The fourth-order valence-corrected chi connectivity index (χ4v) is 4.14. The van der Waals surface area contributed by atoms with E-state index in [1.54, 1.807) is 24.3 Å². The summed E-state index contributed by atoms with van der Waals surface area (Å²) < 4.78 is 68.6. The highest BCUT2D eigenvalue weighted by Crippen LogP contribution is 2.33. The quantitative estimate of drug-likeness (QED) is 0.643. The third-order valence-electron chi connectivity index (χ3n) is 4.14. The Morgan fingerprint density at radius 3 is 2.21 bits per heavy atom. The van der Waals surface area contributed by atoms with Gasteiger partial charge in [-0.05, 0) is 30.3 Å². The summed E-state index contributed by atoms with van der Waals surface area (Å²) in [5, 5.41) is 4.43. The van der Waals surface area contributed by atoms with Gasteiger partial charge in [0.1, 0.15) is 4.90 Å². The number of hydrogen-bond donors (Lipinski definition) is 1. The summed E-state index contributed by atoms with van der Waals surface area (Å²) in [4.78, 5) is -0.0914. The number of nitrogens with zero attached hydrogens (tertiary/aromatic N) is 2. The normalized spacial score (nSPS) is 12.8. The van der Waals surface area contributed by atoms with Crippen molar-refractivity contribution in [3.05, 3.63) is 72.1 Å². The molecule has 3 rings (SSSR count). The monoisotopic (exact) mass is 423 g/mol. The van der Waals surface area contributed by atoms with Crippen LogP contribution in [-0.4, -0.2) is 18.2 Å². The molecule has 0 aliphatic heterocycles. The van der Waals surface area contributed by atoms with Crippen LogP contribution in [0.3, 0.4) is 0 Å². The molecule has 1 heterocycles. The largest absolute Gasteiger partial charge is 0.416 e. The number of nitrogens with one attached hydrogen (secondary N) is 1. The number of hydrogen-bond acceptors (Lipinski definition) is 3. The van der Waals surface area contributed by atoms with Crippen LogP contribution in [0.2, 0.25) is 0 Å². The summed E-state index contributed by atoms with van der Waals surface area (Å²) in [6.07, 6.45) is -3.21. The number of sulfonamides is 1. The lowest BCUT2D eigenvalue weighted by atomic mass is 9.92. The van der Waals surface area contributed by atoms with Crippen molar-refractivity contribution >= 4 is 15.7 Å². The zero-order chi connectivity index (χ0) is 21.4. The first-order chi connectivity index (χ1) is 13.4. The topological polar surface area (TPSA) is 64.0 Å². The predicted molar refractivity (Wildman–Crippen MR) is 105 cm³/mol. The van der Waals surface area contributed by atoms with E-state index in [2.05, 4.69) is 9.82 Å². The first kappa shape index (κ1) is 20.9. The summed E-state index contributed by atoms with van der Waals surface area (Å²) in [5.41, 5.74) is -0.752. The molecule has 2 aromatic carbocycles. The molecule has 0 bridgehead atoms. The molecule has 3 aromatic rings. The number of para-hydroxylation sites is 1. The number of benzene rings is 2. The summed E-state index contributed by atoms with van der Waals surface area (Å²) in [6.45, 7) is 5.44. The molecule has 0 fully saturated rings. The summed E-state index contributed by atoms with van der Waals surface area (Å²) in [5.74, 6) is 0. The van der Waals surface area contributed by atoms with Crippen molar-refractivity contribution in [2.45, 2.75) is 37.3 Å². The summed E-state index contributed by atoms with van der Waals surface area (Å²) in [6, 6.07) is 13.0. The van der Waals surface area contributed by atoms with E-state index in [1.165, 1.54) is 16.9 Å². The molecule has 0 aliphatic carbocycles. The van der Waals surface area contributed by atoms with Gasteiger partial charge in [0.05, 0.1) is 23.1 Å². The third kappa shape index (κ3) is 4.61. The van der Waals surface area contributed by atoms with Gasteiger partial charge in [-0.2, -0.15) is 18.3 Å². The van der Waals surface area contributed by atoms with Gasteiger partial charge in [-0.15, -0.1) is 0 Å². The van der Waals surface area contributed by atoms with Gasteiger partial charge in [0, 0.05) is 11.1 Å². The number of aromatic nitrogens is 2. The maximum Gasteiger partial charge on any atom is 0.416 e. The molecule has 0 unspecified atom stereocenters. The second-order valence-corrected chi connectivity index (χ2v) is 9.21. The van der Waals surface area contributed by atoms with Gasteiger partial charge in [-0.3, -0.25) is 4.72 Å². The van der Waals surface area contributed by atoms with Crippen molar-refractivity contribution in [1.29, 1.82) is 0 Å². The van der Waals surface area contributed by atoms with Gasteiger partial charge in [0.15, 0.2) is 0 Å². The van der Waals surface area contributed by atoms with Crippen molar-refractivity contribution in [3.63, 3.8) is 0 Å². The Bertz CT molecular complexity index is 1120. The van der Waals surface area contributed by atoms with Crippen LogP contribution in [0.4, 0.5) is 18.9 Å². The molecule has 0 atom stereocenters. The molecule has 1 aromatic heterocycles. The lowest BCUT2D eigenvalue weighted by Crippen LogP contribution is -2.20. The molecule has 0 aliphatic rings. The van der Waals surface area contributed by atoms with Crippen LogP contribution >= 0.6 is 0 Å². The standard InChI is InChI=1S/C20H20F3N3O2S/c1-19(2,3)18-17(13-26(24-18)16-10-5-4-6-11-16)29(27,28)25-15-9-7-8-14(12-15)20(21,22)23/h4-13,25H,1-3H3. The van der Waals surface area contributed by atoms with Crippen LogP contribution in [0.25, 0.3) is 5.69 Å². The molecule has 5 nitrogen and oxygen atoms in total. The fraction of sp³-hybridized carbons (Fsp3) is 0.250. The fourth-order valence-electron chi connectivity index (χ4n) is 2.76. The maximum atomic E-state index is 13.0. The van der Waals surface area contributed by atoms with E-state index in [1.807, 2.05) is 26.8 Å². The van der Waals surface area contributed by atoms with Crippen molar-refractivity contribution in [2.24, 2.45) is 0 Å². The summed E-state index contributed by atoms with van der Waals surface area (Å²) in [7, 11) is -4.18. The molecule has 0 spiro atoms. The average molecular weight is 423 g/mol. The van der Waals surface area contributed by atoms with Crippen LogP contribution < -0.4 is 4.72 Å². The van der Waals surface area contributed by atoms with Crippen molar-refractivity contribution in [2.75, 3.05) is 4.72 Å². The molecule has 0 amide bonds. The SMILES string of the molecule is CC(C)(C)c1nn(-c2ccccc2)cc1S(=O)(=O)Nc1cccc(C(F)(F)F)c1. The molecular formula is C20H20F3N3O2S. The Morgan fingerprint density at radius 2 is 1.62 bits per heavy atom. The van der Waals surface area contributed by atoms with Gasteiger partial charge >= 0.3 is 6.18 Å². The van der Waals surface area contributed by atoms with Crippen molar-refractivity contribution in [1.82, 2.24) is 9.78 Å². The summed E-state index contributed by atoms with van der Waals surface area (Å²) >= 11 is 0. The minimum Gasteiger partial charge on any atom is -0.280 e. The average Bonchev–Trinajstić information content (AvgIpc) is 3.08. The van der Waals surface area contributed by atoms with E-state index >= 15 is 0 Å². The minimum atomic E-state index is -4.57. The second-order valence-electron chi connectivity index (χ2n) is 7.56. The molecule has 0 saturated heterocycles. The van der Waals surface area contributed by atoms with Crippen LogP contribution in [0.5, 0.6) is 0 Å². The Labute approximate surface area is 167 Å². The number of alkyl halides is 3. The van der Waals surface area contributed by atoms with Gasteiger partial charge in [0.2, 0.25) is 0 Å². The highest BCUT2D eigenvalue weighted by atomic mass is 32.2. The molecule has 9 heteroatoms. The lowest BCUT2D eigenvalue weighted by Gasteiger charge is -2.18. The van der Waals surface area contributed by atoms with Gasteiger partial charge < -0.3 is 0 Å². The van der Waals surface area contributed by atoms with E-state index in [9.17, 15) is 21.6 Å². The van der Waals surface area contributed by atoms with Crippen LogP contribution in [0.15, 0.2) is 65.7 Å². The van der Waals surface area contributed by atoms with E-state index < -0.39 is 27.2 Å². The van der Waals surface area contributed by atoms with Crippen LogP contribution in [0.1, 0.15) is 32.0 Å². The number of anilines is 1. The predicted octanol–water partition coefficient (Wildman–Crippen LogP) is 4.99. The Hall–Kier alpha value is -2.81. The van der Waals surface area contributed by atoms with Gasteiger partial charge in [0.25, 0.3) is 10.0 Å². The smallest absolute Gasteiger partial charge is 0.280 e. The molecule has 154 valence electrons. The van der Waals surface area contributed by atoms with Crippen molar-refractivity contribution in [3.8, 4) is 5.69 Å². The van der Waals surface area contributed by atoms with E-state index in [4.69, 9.17) is 0 Å². The number of rotatable bonds is 4. The van der Waals surface area contributed by atoms with Gasteiger partial charge in [-0.25, -0.2) is 13.1 Å². The lowest BCUT2D eigenvalue weighted by molar-refractivity contribution is -0.137. The second kappa shape index (κ2) is 7.22. The van der Waals surface area contributed by atoms with Crippen LogP contribution in [-0.2, 0) is 21.6 Å². The highest BCUT2D eigenvalue weighted by molar-refractivity contribution is 7.92. The first-order valence-electron chi connectivity index (χ1n) is 8.73. The van der Waals surface area contributed by atoms with E-state index in [-0.39, 0.29) is 10.6 Å². The molecular weight excluding hydrogens is 403 g/mol. The molecule has 0 saturated carbocycles. The zero-order valence-electron chi connectivity index (χ0n) is 16.0. The van der Waals surface area contributed by atoms with Crippen molar-refractivity contribution < 1.29 is 21.6 Å². The molecule has 29 heavy (non-hydrogen) atoms. The number of halogens is 3. The minimum absolute atomic E-state index is 0.0914. The zero-order valence-corrected chi connectivity index (χ0v) is 16.8. The van der Waals surface area contributed by atoms with Crippen LogP contribution in [0, 0.1) is 0 Å². The van der Waals surface area contributed by atoms with Gasteiger partial charge in [-0.1, -0.05) is 45.0 Å². The molecule has 0 radical (unpaired) electrons. The third-order valence-corrected chi connectivity index (χ3v) is 5.53. The highest BCUT2D eigenvalue weighted by Gasteiger charge is 2.32. The Kier molecular flexibility index (Phi) is 5.20. The molecule has 1 N–H and O–H groups in total. The van der Waals surface area contributed by atoms with E-state index in [0.29, 0.717) is 11.4 Å². The Morgan fingerprint density at radius 1 is 0.966 bits per heavy atom.